The van der Waals surface area contributed by atoms with E-state index in [4.69, 9.17) is 18.0 Å². The van der Waals surface area contributed by atoms with Gasteiger partial charge in [-0.1, -0.05) is 25.2 Å². The van der Waals surface area contributed by atoms with Gasteiger partial charge in [0.15, 0.2) is 0 Å². The Morgan fingerprint density at radius 2 is 2.16 bits per heavy atom. The van der Waals surface area contributed by atoms with Gasteiger partial charge in [-0.25, -0.2) is 0 Å². The molecular weight excluding hydrogens is 258 g/mol. The monoisotopic (exact) mass is 279 g/mol. The number of carbonyl (C=O) groups excluding carboxylic acids is 1. The quantitative estimate of drug-likeness (QED) is 0.801. The summed E-state index contributed by atoms with van der Waals surface area (Å²) in [5.41, 5.74) is 8.68. The largest absolute Gasteiger partial charge is 0.389 e. The minimum Gasteiger partial charge on any atom is -0.389 e. The number of benzene rings is 1. The van der Waals surface area contributed by atoms with E-state index in [9.17, 15) is 4.79 Å². The van der Waals surface area contributed by atoms with Crippen LogP contribution < -0.4 is 16.0 Å². The number of hydrogen-bond donors (Lipinski definition) is 2. The molecule has 0 saturated heterocycles. The van der Waals surface area contributed by atoms with E-state index in [-0.39, 0.29) is 11.8 Å². The summed E-state index contributed by atoms with van der Waals surface area (Å²) < 4.78 is 0. The predicted octanol–water partition coefficient (Wildman–Crippen LogP) is 1.45. The highest BCUT2D eigenvalue weighted by Crippen LogP contribution is 2.22. The molecule has 19 heavy (non-hydrogen) atoms. The summed E-state index contributed by atoms with van der Waals surface area (Å²) in [5, 5.41) is 2.65. The van der Waals surface area contributed by atoms with E-state index >= 15 is 0 Å². The summed E-state index contributed by atoms with van der Waals surface area (Å²) in [6, 6.07) is 5.94. The normalized spacial score (nSPS) is 11.8. The zero-order valence-corrected chi connectivity index (χ0v) is 12.7. The molecule has 3 N–H and O–H groups in total. The molecule has 1 unspecified atom stereocenters. The Balaban J connectivity index is 2.98. The SMILES string of the molecule is CNC(=O)C(C)CN(C)c1cc(C)ccc1C(N)=S. The molecule has 104 valence electrons. The Morgan fingerprint density at radius 3 is 2.68 bits per heavy atom. The first kappa shape index (κ1) is 15.4. The predicted molar refractivity (Wildman–Crippen MR) is 83.6 cm³/mol. The van der Waals surface area contributed by atoms with E-state index in [1.54, 1.807) is 7.05 Å². The van der Waals surface area contributed by atoms with E-state index in [0.29, 0.717) is 11.5 Å². The van der Waals surface area contributed by atoms with Crippen molar-refractivity contribution >= 4 is 28.8 Å². The standard InChI is InChI=1S/C14H21N3OS/c1-9-5-6-11(13(15)19)12(7-9)17(4)8-10(2)14(18)16-3/h5-7,10H,8H2,1-4H3,(H2,15,19)(H,16,18). The molecule has 0 saturated carbocycles. The lowest BCUT2D eigenvalue weighted by Crippen LogP contribution is -2.35. The van der Waals surface area contributed by atoms with Gasteiger partial charge in [0.2, 0.25) is 5.91 Å². The van der Waals surface area contributed by atoms with Crippen molar-refractivity contribution in [2.24, 2.45) is 11.7 Å². The van der Waals surface area contributed by atoms with E-state index in [1.165, 1.54) is 0 Å². The number of hydrogen-bond acceptors (Lipinski definition) is 3. The fourth-order valence-electron chi connectivity index (χ4n) is 2.00. The van der Waals surface area contributed by atoms with Crippen molar-refractivity contribution in [2.45, 2.75) is 13.8 Å². The first-order chi connectivity index (χ1) is 8.86. The van der Waals surface area contributed by atoms with Crippen molar-refractivity contribution in [1.82, 2.24) is 5.32 Å². The number of nitrogens with two attached hydrogens (primary N) is 1. The van der Waals surface area contributed by atoms with Crippen molar-refractivity contribution in [2.75, 3.05) is 25.5 Å². The first-order valence-electron chi connectivity index (χ1n) is 6.20. The van der Waals surface area contributed by atoms with Crippen LogP contribution in [0.15, 0.2) is 18.2 Å². The van der Waals surface area contributed by atoms with Gasteiger partial charge in [-0.15, -0.1) is 0 Å². The summed E-state index contributed by atoms with van der Waals surface area (Å²) in [6.07, 6.45) is 0. The maximum Gasteiger partial charge on any atom is 0.224 e. The Hall–Kier alpha value is -1.62. The smallest absolute Gasteiger partial charge is 0.224 e. The molecule has 4 nitrogen and oxygen atoms in total. The highest BCUT2D eigenvalue weighted by molar-refractivity contribution is 7.80. The van der Waals surface area contributed by atoms with E-state index in [1.807, 2.05) is 44.0 Å². The fraction of sp³-hybridized carbons (Fsp3) is 0.429. The zero-order valence-electron chi connectivity index (χ0n) is 11.9. The third-order valence-corrected chi connectivity index (χ3v) is 3.29. The lowest BCUT2D eigenvalue weighted by molar-refractivity contribution is -0.123. The molecule has 1 aromatic rings. The van der Waals surface area contributed by atoms with Crippen molar-refractivity contribution in [3.63, 3.8) is 0 Å². The molecule has 1 rings (SSSR count). The van der Waals surface area contributed by atoms with Gasteiger partial charge in [-0.05, 0) is 24.6 Å². The van der Waals surface area contributed by atoms with Gasteiger partial charge >= 0.3 is 0 Å². The average Bonchev–Trinajstić information content (AvgIpc) is 2.36. The minimum atomic E-state index is -0.102. The highest BCUT2D eigenvalue weighted by Gasteiger charge is 2.16. The van der Waals surface area contributed by atoms with Gasteiger partial charge in [0.05, 0.1) is 5.92 Å². The number of amides is 1. The summed E-state index contributed by atoms with van der Waals surface area (Å²) in [5.74, 6) is -0.0777. The first-order valence-corrected chi connectivity index (χ1v) is 6.60. The number of carbonyl (C=O) groups is 1. The van der Waals surface area contributed by atoms with Crippen molar-refractivity contribution < 1.29 is 4.79 Å². The van der Waals surface area contributed by atoms with Crippen LogP contribution in [0.1, 0.15) is 18.1 Å². The minimum absolute atomic E-state index is 0.0244. The molecule has 0 spiro atoms. The van der Waals surface area contributed by atoms with Crippen LogP contribution in [-0.2, 0) is 4.79 Å². The molecule has 0 radical (unpaired) electrons. The molecule has 0 heterocycles. The maximum atomic E-state index is 11.6. The van der Waals surface area contributed by atoms with Crippen LogP contribution >= 0.6 is 12.2 Å². The van der Waals surface area contributed by atoms with Crippen LogP contribution in [0.4, 0.5) is 5.69 Å². The van der Waals surface area contributed by atoms with Gasteiger partial charge < -0.3 is 16.0 Å². The molecule has 0 aliphatic carbocycles. The highest BCUT2D eigenvalue weighted by atomic mass is 32.1. The molecule has 0 aliphatic rings. The molecular formula is C14H21N3OS. The molecule has 0 aromatic heterocycles. The summed E-state index contributed by atoms with van der Waals surface area (Å²) >= 11 is 5.07. The van der Waals surface area contributed by atoms with Crippen LogP contribution in [0.3, 0.4) is 0 Å². The molecule has 0 bridgehead atoms. The van der Waals surface area contributed by atoms with Crippen LogP contribution in [0.2, 0.25) is 0 Å². The van der Waals surface area contributed by atoms with Crippen LogP contribution in [0.25, 0.3) is 0 Å². The second kappa shape index (κ2) is 6.52. The number of rotatable bonds is 5. The van der Waals surface area contributed by atoms with Crippen LogP contribution in [0, 0.1) is 12.8 Å². The van der Waals surface area contributed by atoms with E-state index in [0.717, 1.165) is 16.8 Å². The molecule has 1 amide bonds. The summed E-state index contributed by atoms with van der Waals surface area (Å²) in [7, 11) is 3.59. The lowest BCUT2D eigenvalue weighted by Gasteiger charge is -2.25. The maximum absolute atomic E-state index is 11.6. The Bertz CT molecular complexity index is 488. The Kier molecular flexibility index (Phi) is 5.30. The lowest BCUT2D eigenvalue weighted by atomic mass is 10.1. The molecule has 0 fully saturated rings. The molecule has 0 aliphatic heterocycles. The third-order valence-electron chi connectivity index (χ3n) is 3.07. The molecule has 1 atom stereocenters. The fourth-order valence-corrected chi connectivity index (χ4v) is 2.18. The van der Waals surface area contributed by atoms with Gasteiger partial charge in [-0.2, -0.15) is 0 Å². The zero-order chi connectivity index (χ0) is 14.6. The van der Waals surface area contributed by atoms with Gasteiger partial charge in [0.1, 0.15) is 4.99 Å². The van der Waals surface area contributed by atoms with E-state index < -0.39 is 0 Å². The number of anilines is 1. The topological polar surface area (TPSA) is 58.4 Å². The van der Waals surface area contributed by atoms with Crippen molar-refractivity contribution in [3.8, 4) is 0 Å². The number of thiocarbonyl (C=S) groups is 1. The number of nitrogens with one attached hydrogen (secondary N) is 1. The van der Waals surface area contributed by atoms with Crippen LogP contribution in [-0.4, -0.2) is 31.5 Å². The van der Waals surface area contributed by atoms with Crippen molar-refractivity contribution in [3.05, 3.63) is 29.3 Å². The third kappa shape index (κ3) is 3.92. The number of nitrogens with zero attached hydrogens (tertiary/aromatic N) is 1. The Labute approximate surface area is 120 Å². The van der Waals surface area contributed by atoms with Crippen molar-refractivity contribution in [1.29, 1.82) is 0 Å². The Morgan fingerprint density at radius 1 is 1.53 bits per heavy atom. The van der Waals surface area contributed by atoms with Gasteiger partial charge in [-0.3, -0.25) is 4.79 Å². The molecule has 1 aromatic carbocycles. The number of aryl methyl sites for hydroxylation is 1. The van der Waals surface area contributed by atoms with Crippen LogP contribution in [0.5, 0.6) is 0 Å². The second-order valence-corrected chi connectivity index (χ2v) is 5.22. The van der Waals surface area contributed by atoms with E-state index in [2.05, 4.69) is 5.32 Å². The second-order valence-electron chi connectivity index (χ2n) is 4.78. The summed E-state index contributed by atoms with van der Waals surface area (Å²) in [6.45, 7) is 4.52. The average molecular weight is 279 g/mol. The molecule has 5 heteroatoms. The van der Waals surface area contributed by atoms with Gasteiger partial charge in [0.25, 0.3) is 0 Å². The van der Waals surface area contributed by atoms with Gasteiger partial charge in [0, 0.05) is 31.9 Å². The summed E-state index contributed by atoms with van der Waals surface area (Å²) in [4.78, 5) is 14.0.